The van der Waals surface area contributed by atoms with Gasteiger partial charge in [-0.25, -0.2) is 4.68 Å². The summed E-state index contributed by atoms with van der Waals surface area (Å²) in [5.74, 6) is 0.777. The maximum atomic E-state index is 12.3. The Bertz CT molecular complexity index is 617. The number of likely N-dealkylation sites (tertiary alicyclic amines) is 1. The molecule has 5 nitrogen and oxygen atoms in total. The first kappa shape index (κ1) is 12.1. The summed E-state index contributed by atoms with van der Waals surface area (Å²) in [5.41, 5.74) is 1.12. The summed E-state index contributed by atoms with van der Waals surface area (Å²) in [4.78, 5) is 15.0. The molecule has 1 aliphatic carbocycles. The first-order chi connectivity index (χ1) is 9.81. The highest BCUT2D eigenvalue weighted by Crippen LogP contribution is 2.39. The number of carbonyl (C=O) groups excluding carboxylic acids is 1. The van der Waals surface area contributed by atoms with Crippen molar-refractivity contribution in [3.63, 3.8) is 0 Å². The zero-order valence-electron chi connectivity index (χ0n) is 11.1. The third-order valence-corrected chi connectivity index (χ3v) is 4.94. The van der Waals surface area contributed by atoms with Crippen LogP contribution < -0.4 is 0 Å². The highest BCUT2D eigenvalue weighted by Gasteiger charge is 2.31. The Morgan fingerprint density at radius 1 is 1.35 bits per heavy atom. The number of rotatable bonds is 3. The number of amides is 1. The molecule has 1 aliphatic heterocycles. The lowest BCUT2D eigenvalue weighted by atomic mass is 10.2. The van der Waals surface area contributed by atoms with Gasteiger partial charge in [0.15, 0.2) is 0 Å². The second-order valence-corrected chi connectivity index (χ2v) is 6.52. The van der Waals surface area contributed by atoms with Crippen LogP contribution in [-0.2, 0) is 0 Å². The van der Waals surface area contributed by atoms with Crippen molar-refractivity contribution in [1.82, 2.24) is 19.9 Å². The third kappa shape index (κ3) is 2.14. The molecule has 20 heavy (non-hydrogen) atoms. The van der Waals surface area contributed by atoms with Gasteiger partial charge in [0.25, 0.3) is 5.91 Å². The molecular weight excluding hydrogens is 272 g/mol. The number of hydrogen-bond donors (Lipinski definition) is 0. The molecule has 0 N–H and O–H groups in total. The second kappa shape index (κ2) is 4.70. The number of hydrogen-bond acceptors (Lipinski definition) is 4. The van der Waals surface area contributed by atoms with Crippen LogP contribution in [0.4, 0.5) is 0 Å². The van der Waals surface area contributed by atoms with E-state index in [1.165, 1.54) is 24.2 Å². The quantitative estimate of drug-likeness (QED) is 0.871. The van der Waals surface area contributed by atoms with Gasteiger partial charge in [0, 0.05) is 25.2 Å². The molecule has 2 aromatic heterocycles. The molecule has 6 heteroatoms. The Kier molecular flexibility index (Phi) is 2.84. The van der Waals surface area contributed by atoms with Gasteiger partial charge in [-0.1, -0.05) is 11.3 Å². The molecule has 1 saturated carbocycles. The maximum Gasteiger partial charge on any atom is 0.263 e. The minimum Gasteiger partial charge on any atom is -0.336 e. The second-order valence-electron chi connectivity index (χ2n) is 5.57. The lowest BCUT2D eigenvalue weighted by Gasteiger charge is -2.15. The van der Waals surface area contributed by atoms with E-state index in [9.17, 15) is 4.79 Å². The topological polar surface area (TPSA) is 51.0 Å². The van der Waals surface area contributed by atoms with Gasteiger partial charge in [-0.05, 0) is 30.7 Å². The average Bonchev–Trinajstić information content (AvgIpc) is 2.98. The summed E-state index contributed by atoms with van der Waals surface area (Å²) < 4.78 is 1.95. The molecule has 3 heterocycles. The van der Waals surface area contributed by atoms with Crippen LogP contribution in [0.1, 0.15) is 46.6 Å². The third-order valence-electron chi connectivity index (χ3n) is 4.08. The van der Waals surface area contributed by atoms with Crippen molar-refractivity contribution in [2.75, 3.05) is 13.1 Å². The van der Waals surface area contributed by atoms with Gasteiger partial charge in [0.05, 0.1) is 16.6 Å². The van der Waals surface area contributed by atoms with Gasteiger partial charge < -0.3 is 4.90 Å². The summed E-state index contributed by atoms with van der Waals surface area (Å²) in [6, 6.07) is 4.09. The van der Waals surface area contributed by atoms with Gasteiger partial charge in [-0.15, -0.1) is 16.4 Å². The van der Waals surface area contributed by atoms with Crippen molar-refractivity contribution >= 4 is 17.2 Å². The fraction of sp³-hybridized carbons (Fsp3) is 0.500. The molecule has 4 rings (SSSR count). The molecule has 2 aromatic rings. The van der Waals surface area contributed by atoms with Crippen molar-refractivity contribution in [2.24, 2.45) is 0 Å². The van der Waals surface area contributed by atoms with E-state index >= 15 is 0 Å². The number of aromatic nitrogens is 3. The lowest BCUT2D eigenvalue weighted by Crippen LogP contribution is -2.28. The van der Waals surface area contributed by atoms with E-state index in [1.54, 1.807) is 0 Å². The molecule has 1 saturated heterocycles. The summed E-state index contributed by atoms with van der Waals surface area (Å²) >= 11 is 1.51. The van der Waals surface area contributed by atoms with Crippen LogP contribution in [-0.4, -0.2) is 38.9 Å². The zero-order chi connectivity index (χ0) is 13.5. The van der Waals surface area contributed by atoms with Gasteiger partial charge in [-0.2, -0.15) is 0 Å². The lowest BCUT2D eigenvalue weighted by molar-refractivity contribution is 0.0791. The Labute approximate surface area is 121 Å². The Balaban J connectivity index is 1.45. The van der Waals surface area contributed by atoms with E-state index in [0.717, 1.165) is 30.1 Å². The molecule has 0 spiro atoms. The molecule has 104 valence electrons. The average molecular weight is 288 g/mol. The molecule has 0 bridgehead atoms. The summed E-state index contributed by atoms with van der Waals surface area (Å²) in [6.45, 7) is 1.55. The van der Waals surface area contributed by atoms with Crippen molar-refractivity contribution in [3.8, 4) is 0 Å². The van der Waals surface area contributed by atoms with E-state index in [-0.39, 0.29) is 11.9 Å². The van der Waals surface area contributed by atoms with E-state index < -0.39 is 0 Å². The predicted molar refractivity (Wildman–Crippen MR) is 75.9 cm³/mol. The number of nitrogens with zero attached hydrogens (tertiary/aromatic N) is 4. The summed E-state index contributed by atoms with van der Waals surface area (Å²) in [5, 5.41) is 10.4. The minimum atomic E-state index is 0.144. The molecule has 2 fully saturated rings. The summed E-state index contributed by atoms with van der Waals surface area (Å²) in [7, 11) is 0. The van der Waals surface area contributed by atoms with Crippen LogP contribution in [0.5, 0.6) is 0 Å². The largest absolute Gasteiger partial charge is 0.336 e. The fourth-order valence-corrected chi connectivity index (χ4v) is 3.42. The molecule has 1 amide bonds. The highest BCUT2D eigenvalue weighted by molar-refractivity contribution is 7.12. The van der Waals surface area contributed by atoms with Crippen molar-refractivity contribution < 1.29 is 4.79 Å². The first-order valence-corrected chi connectivity index (χ1v) is 7.94. The van der Waals surface area contributed by atoms with Gasteiger partial charge >= 0.3 is 0 Å². The van der Waals surface area contributed by atoms with Crippen molar-refractivity contribution in [2.45, 2.75) is 31.2 Å². The molecule has 1 atom stereocenters. The fourth-order valence-electron chi connectivity index (χ4n) is 2.73. The van der Waals surface area contributed by atoms with Crippen molar-refractivity contribution in [1.29, 1.82) is 0 Å². The van der Waals surface area contributed by atoms with Crippen LogP contribution in [0.3, 0.4) is 0 Å². The van der Waals surface area contributed by atoms with Crippen molar-refractivity contribution in [3.05, 3.63) is 34.3 Å². The van der Waals surface area contributed by atoms with E-state index in [0.29, 0.717) is 5.92 Å². The van der Waals surface area contributed by atoms with Gasteiger partial charge in [-0.3, -0.25) is 4.79 Å². The van der Waals surface area contributed by atoms with Gasteiger partial charge in [0.2, 0.25) is 0 Å². The normalized spacial score (nSPS) is 22.4. The molecular formula is C14H16N4OS. The zero-order valence-corrected chi connectivity index (χ0v) is 11.9. The molecule has 0 aromatic carbocycles. The molecule has 0 unspecified atom stereocenters. The number of carbonyl (C=O) groups is 1. The van der Waals surface area contributed by atoms with E-state index in [1.807, 2.05) is 27.1 Å². The predicted octanol–water partition coefficient (Wildman–Crippen LogP) is 2.30. The standard InChI is InChI=1S/C14H16N4OS/c19-14(13-2-1-7-20-13)17-6-5-11(8-17)18-9-12(15-16-18)10-3-4-10/h1-2,7,9-11H,3-6,8H2/t11-/m0/s1. The maximum absolute atomic E-state index is 12.3. The van der Waals surface area contributed by atoms with E-state index in [2.05, 4.69) is 16.5 Å². The SMILES string of the molecule is O=C(c1cccs1)N1CC[C@H](n2cc(C3CC3)nn2)C1. The Hall–Kier alpha value is -1.69. The van der Waals surface area contributed by atoms with Gasteiger partial charge in [0.1, 0.15) is 0 Å². The van der Waals surface area contributed by atoms with Crippen LogP contribution in [0.25, 0.3) is 0 Å². The van der Waals surface area contributed by atoms with E-state index in [4.69, 9.17) is 0 Å². The summed E-state index contributed by atoms with van der Waals surface area (Å²) in [6.07, 6.45) is 5.52. The highest BCUT2D eigenvalue weighted by atomic mass is 32.1. The van der Waals surface area contributed by atoms with Crippen LogP contribution in [0.15, 0.2) is 23.7 Å². The first-order valence-electron chi connectivity index (χ1n) is 7.06. The molecule has 0 radical (unpaired) electrons. The van der Waals surface area contributed by atoms with Crippen LogP contribution >= 0.6 is 11.3 Å². The monoisotopic (exact) mass is 288 g/mol. The number of thiophene rings is 1. The van der Waals surface area contributed by atoms with Crippen LogP contribution in [0, 0.1) is 0 Å². The Morgan fingerprint density at radius 2 is 2.25 bits per heavy atom. The molecule has 2 aliphatic rings. The Morgan fingerprint density at radius 3 is 3.00 bits per heavy atom. The van der Waals surface area contributed by atoms with Crippen LogP contribution in [0.2, 0.25) is 0 Å². The smallest absolute Gasteiger partial charge is 0.263 e. The minimum absolute atomic E-state index is 0.144.